The lowest BCUT2D eigenvalue weighted by atomic mass is 10.2. The van der Waals surface area contributed by atoms with Gasteiger partial charge in [-0.2, -0.15) is 4.31 Å². The standard InChI is InChI=1S/C13H17N5O4S/c1-9-15-10(5-12(19)16-9)11-6-18(3-4-22-11)23(20,21)13-7-17(2)8-14-13/h5,7-8,11H,3-4,6H2,1-2H3,(H,15,16,19). The lowest BCUT2D eigenvalue weighted by Gasteiger charge is -2.31. The fraction of sp³-hybridized carbons (Fsp3) is 0.462. The molecule has 0 saturated carbocycles. The number of nitrogens with one attached hydrogen (secondary N) is 1. The fourth-order valence-electron chi connectivity index (χ4n) is 2.44. The summed E-state index contributed by atoms with van der Waals surface area (Å²) in [5, 5.41) is -0.00398. The fourth-order valence-corrected chi connectivity index (χ4v) is 3.84. The third-order valence-corrected chi connectivity index (χ3v) is 5.28. The van der Waals surface area contributed by atoms with Crippen LogP contribution in [-0.2, 0) is 21.8 Å². The zero-order valence-corrected chi connectivity index (χ0v) is 13.6. The van der Waals surface area contributed by atoms with Crippen molar-refractivity contribution in [2.24, 2.45) is 7.05 Å². The summed E-state index contributed by atoms with van der Waals surface area (Å²) in [6.07, 6.45) is 2.31. The second kappa shape index (κ2) is 5.87. The number of ether oxygens (including phenoxy) is 1. The first-order valence-electron chi connectivity index (χ1n) is 7.04. The molecule has 0 amide bonds. The summed E-state index contributed by atoms with van der Waals surface area (Å²) < 4.78 is 33.7. The van der Waals surface area contributed by atoms with Gasteiger partial charge < -0.3 is 14.3 Å². The van der Waals surface area contributed by atoms with Crippen molar-refractivity contribution in [3.8, 4) is 0 Å². The van der Waals surface area contributed by atoms with Gasteiger partial charge in [0, 0.05) is 32.4 Å². The van der Waals surface area contributed by atoms with Crippen molar-refractivity contribution < 1.29 is 13.2 Å². The second-order valence-electron chi connectivity index (χ2n) is 5.36. The third-order valence-electron chi connectivity index (χ3n) is 3.52. The lowest BCUT2D eigenvalue weighted by Crippen LogP contribution is -2.42. The first kappa shape index (κ1) is 15.8. The highest BCUT2D eigenvalue weighted by Gasteiger charge is 2.33. The molecule has 23 heavy (non-hydrogen) atoms. The molecule has 3 heterocycles. The van der Waals surface area contributed by atoms with Crippen LogP contribution in [0.1, 0.15) is 17.6 Å². The van der Waals surface area contributed by atoms with E-state index in [1.54, 1.807) is 18.5 Å². The molecule has 1 aliphatic heterocycles. The monoisotopic (exact) mass is 339 g/mol. The number of rotatable bonds is 3. The molecular weight excluding hydrogens is 322 g/mol. The van der Waals surface area contributed by atoms with Crippen LogP contribution < -0.4 is 5.56 Å². The molecule has 1 unspecified atom stereocenters. The van der Waals surface area contributed by atoms with Gasteiger partial charge in [0.1, 0.15) is 11.9 Å². The Bertz CT molecular complexity index is 872. The van der Waals surface area contributed by atoms with Crippen molar-refractivity contribution >= 4 is 10.0 Å². The van der Waals surface area contributed by atoms with Crippen molar-refractivity contribution in [1.82, 2.24) is 23.8 Å². The van der Waals surface area contributed by atoms with Crippen LogP contribution in [0.2, 0.25) is 0 Å². The van der Waals surface area contributed by atoms with E-state index in [1.165, 1.54) is 22.9 Å². The zero-order chi connectivity index (χ0) is 16.6. The summed E-state index contributed by atoms with van der Waals surface area (Å²) in [6.45, 7) is 2.22. The smallest absolute Gasteiger partial charge is 0.262 e. The van der Waals surface area contributed by atoms with Gasteiger partial charge in [-0.05, 0) is 6.92 Å². The van der Waals surface area contributed by atoms with E-state index >= 15 is 0 Å². The Kier molecular flexibility index (Phi) is 4.04. The number of hydrogen-bond acceptors (Lipinski definition) is 6. The molecule has 0 spiro atoms. The molecule has 0 aromatic carbocycles. The van der Waals surface area contributed by atoms with Crippen molar-refractivity contribution in [1.29, 1.82) is 0 Å². The molecule has 1 aliphatic rings. The number of aryl methyl sites for hydroxylation is 2. The molecule has 1 atom stereocenters. The van der Waals surface area contributed by atoms with Gasteiger partial charge in [-0.15, -0.1) is 0 Å². The molecule has 3 rings (SSSR count). The van der Waals surface area contributed by atoms with Gasteiger partial charge in [0.2, 0.25) is 0 Å². The number of nitrogens with zero attached hydrogens (tertiary/aromatic N) is 4. The minimum absolute atomic E-state index is 0.00398. The van der Waals surface area contributed by atoms with E-state index in [0.29, 0.717) is 11.5 Å². The van der Waals surface area contributed by atoms with E-state index in [1.807, 2.05) is 0 Å². The SMILES string of the molecule is Cc1nc(C2CN(S(=O)(=O)c3cn(C)cn3)CCO2)cc(=O)[nH]1. The van der Waals surface area contributed by atoms with Gasteiger partial charge in [0.15, 0.2) is 5.03 Å². The lowest BCUT2D eigenvalue weighted by molar-refractivity contribution is -0.00521. The Morgan fingerprint density at radius 2 is 2.22 bits per heavy atom. The molecule has 1 N–H and O–H groups in total. The first-order valence-corrected chi connectivity index (χ1v) is 8.48. The van der Waals surface area contributed by atoms with Crippen LogP contribution in [0.5, 0.6) is 0 Å². The summed E-state index contributed by atoms with van der Waals surface area (Å²) in [5.74, 6) is 0.459. The van der Waals surface area contributed by atoms with E-state index in [2.05, 4.69) is 15.0 Å². The number of morpholine rings is 1. The van der Waals surface area contributed by atoms with Gasteiger partial charge in [-0.3, -0.25) is 4.79 Å². The topological polar surface area (TPSA) is 110 Å². The molecule has 2 aromatic heterocycles. The van der Waals surface area contributed by atoms with Crippen LogP contribution in [0.25, 0.3) is 0 Å². The van der Waals surface area contributed by atoms with Crippen LogP contribution >= 0.6 is 0 Å². The molecule has 124 valence electrons. The predicted molar refractivity (Wildman–Crippen MR) is 80.3 cm³/mol. The quantitative estimate of drug-likeness (QED) is 0.813. The van der Waals surface area contributed by atoms with E-state index < -0.39 is 16.1 Å². The summed E-state index contributed by atoms with van der Waals surface area (Å²) >= 11 is 0. The van der Waals surface area contributed by atoms with Gasteiger partial charge in [-0.25, -0.2) is 18.4 Å². The van der Waals surface area contributed by atoms with Crippen molar-refractivity contribution in [2.75, 3.05) is 19.7 Å². The van der Waals surface area contributed by atoms with Gasteiger partial charge in [-0.1, -0.05) is 0 Å². The number of aromatic amines is 1. The maximum absolute atomic E-state index is 12.6. The predicted octanol–water partition coefficient (Wildman–Crippen LogP) is -0.426. The molecule has 9 nitrogen and oxygen atoms in total. The number of imidazole rings is 1. The van der Waals surface area contributed by atoms with Crippen LogP contribution in [0.4, 0.5) is 0 Å². The maximum Gasteiger partial charge on any atom is 0.262 e. The van der Waals surface area contributed by atoms with Crippen molar-refractivity contribution in [3.63, 3.8) is 0 Å². The van der Waals surface area contributed by atoms with Crippen molar-refractivity contribution in [3.05, 3.63) is 40.5 Å². The van der Waals surface area contributed by atoms with E-state index in [4.69, 9.17) is 4.74 Å². The summed E-state index contributed by atoms with van der Waals surface area (Å²) in [7, 11) is -1.99. The third kappa shape index (κ3) is 3.19. The summed E-state index contributed by atoms with van der Waals surface area (Å²) in [5.41, 5.74) is 0.132. The first-order chi connectivity index (χ1) is 10.9. The Hall–Kier alpha value is -2.04. The normalized spacial score (nSPS) is 19.8. The molecule has 10 heteroatoms. The highest BCUT2D eigenvalue weighted by atomic mass is 32.2. The van der Waals surface area contributed by atoms with Crippen LogP contribution in [0, 0.1) is 6.92 Å². The van der Waals surface area contributed by atoms with Crippen LogP contribution in [-0.4, -0.2) is 51.9 Å². The molecule has 0 radical (unpaired) electrons. The highest BCUT2D eigenvalue weighted by Crippen LogP contribution is 2.24. The number of hydrogen-bond donors (Lipinski definition) is 1. The molecule has 0 aliphatic carbocycles. The number of sulfonamides is 1. The number of H-pyrrole nitrogens is 1. The maximum atomic E-state index is 12.6. The molecule has 2 aromatic rings. The second-order valence-corrected chi connectivity index (χ2v) is 7.24. The van der Waals surface area contributed by atoms with Crippen molar-refractivity contribution in [2.45, 2.75) is 18.1 Å². The van der Waals surface area contributed by atoms with E-state index in [9.17, 15) is 13.2 Å². The average molecular weight is 339 g/mol. The molecule has 0 bridgehead atoms. The largest absolute Gasteiger partial charge is 0.369 e. The Morgan fingerprint density at radius 3 is 2.87 bits per heavy atom. The zero-order valence-electron chi connectivity index (χ0n) is 12.8. The summed E-state index contributed by atoms with van der Waals surface area (Å²) in [6, 6.07) is 1.33. The molecule has 1 fully saturated rings. The van der Waals surface area contributed by atoms with Gasteiger partial charge in [0.05, 0.1) is 18.6 Å². The van der Waals surface area contributed by atoms with Crippen LogP contribution in [0.3, 0.4) is 0 Å². The molecular formula is C13H17N5O4S. The van der Waals surface area contributed by atoms with Gasteiger partial charge in [0.25, 0.3) is 15.6 Å². The Balaban J connectivity index is 1.87. The average Bonchev–Trinajstić information content (AvgIpc) is 2.94. The Morgan fingerprint density at radius 1 is 1.43 bits per heavy atom. The van der Waals surface area contributed by atoms with Gasteiger partial charge >= 0.3 is 0 Å². The van der Waals surface area contributed by atoms with E-state index in [0.717, 1.165) is 0 Å². The van der Waals surface area contributed by atoms with E-state index in [-0.39, 0.29) is 30.3 Å². The molecule has 1 saturated heterocycles. The summed E-state index contributed by atoms with van der Waals surface area (Å²) in [4.78, 5) is 22.3. The highest BCUT2D eigenvalue weighted by molar-refractivity contribution is 7.89. The number of aromatic nitrogens is 4. The Labute approximate surface area is 133 Å². The van der Waals surface area contributed by atoms with Crippen LogP contribution in [0.15, 0.2) is 28.4 Å². The minimum Gasteiger partial charge on any atom is -0.369 e. The minimum atomic E-state index is -3.69.